The van der Waals surface area contributed by atoms with Gasteiger partial charge in [-0.1, -0.05) is 98.6 Å². The SMILES string of the molecule is CCCCC(c1ccccc1)N(C)C(=O)c1c(-c2ccccc2)nn(-c2ccccc2)c1OC. The Labute approximate surface area is 201 Å². The predicted molar refractivity (Wildman–Crippen MR) is 136 cm³/mol. The molecule has 0 aliphatic rings. The summed E-state index contributed by atoms with van der Waals surface area (Å²) in [5.74, 6) is 0.326. The molecule has 1 unspecified atom stereocenters. The highest BCUT2D eigenvalue weighted by molar-refractivity contribution is 6.02. The summed E-state index contributed by atoms with van der Waals surface area (Å²) < 4.78 is 7.54. The topological polar surface area (TPSA) is 47.4 Å². The van der Waals surface area contributed by atoms with E-state index in [1.807, 2.05) is 90.8 Å². The van der Waals surface area contributed by atoms with Crippen molar-refractivity contribution in [3.05, 3.63) is 102 Å². The molecule has 0 N–H and O–H groups in total. The van der Waals surface area contributed by atoms with Gasteiger partial charge in [-0.2, -0.15) is 9.78 Å². The fourth-order valence-corrected chi connectivity index (χ4v) is 4.30. The molecule has 0 saturated heterocycles. The number of benzene rings is 3. The minimum absolute atomic E-state index is 0.0398. The smallest absolute Gasteiger partial charge is 0.261 e. The van der Waals surface area contributed by atoms with E-state index in [0.717, 1.165) is 36.1 Å². The first-order valence-corrected chi connectivity index (χ1v) is 11.8. The van der Waals surface area contributed by atoms with Crippen LogP contribution in [0, 0.1) is 0 Å². The van der Waals surface area contributed by atoms with Crippen LogP contribution in [0.15, 0.2) is 91.0 Å². The van der Waals surface area contributed by atoms with E-state index in [2.05, 4.69) is 19.1 Å². The number of rotatable bonds is 9. The van der Waals surface area contributed by atoms with Gasteiger partial charge in [-0.25, -0.2) is 0 Å². The summed E-state index contributed by atoms with van der Waals surface area (Å²) in [6.07, 6.45) is 2.98. The Bertz CT molecular complexity index is 1200. The van der Waals surface area contributed by atoms with Gasteiger partial charge in [0.2, 0.25) is 5.88 Å². The summed E-state index contributed by atoms with van der Waals surface area (Å²) in [7, 11) is 3.47. The first-order chi connectivity index (χ1) is 16.7. The van der Waals surface area contributed by atoms with Crippen molar-refractivity contribution in [3.8, 4) is 22.8 Å². The van der Waals surface area contributed by atoms with E-state index in [1.54, 1.807) is 11.8 Å². The zero-order valence-corrected chi connectivity index (χ0v) is 20.0. The van der Waals surface area contributed by atoms with E-state index in [0.29, 0.717) is 17.1 Å². The maximum absolute atomic E-state index is 14.1. The zero-order valence-electron chi connectivity index (χ0n) is 20.0. The Morgan fingerprint density at radius 1 is 0.941 bits per heavy atom. The third-order valence-corrected chi connectivity index (χ3v) is 6.10. The van der Waals surface area contributed by atoms with E-state index in [4.69, 9.17) is 9.84 Å². The minimum atomic E-state index is -0.108. The molecule has 1 heterocycles. The average Bonchev–Trinajstić information content (AvgIpc) is 3.29. The molecule has 0 radical (unpaired) electrons. The van der Waals surface area contributed by atoms with Crippen LogP contribution < -0.4 is 4.74 Å². The summed E-state index contributed by atoms with van der Waals surface area (Å²) in [6.45, 7) is 2.17. The van der Waals surface area contributed by atoms with Gasteiger partial charge in [0.05, 0.1) is 18.8 Å². The van der Waals surface area contributed by atoms with Crippen LogP contribution in [0.4, 0.5) is 0 Å². The molecule has 174 valence electrons. The first-order valence-electron chi connectivity index (χ1n) is 11.8. The molecule has 5 nitrogen and oxygen atoms in total. The van der Waals surface area contributed by atoms with E-state index >= 15 is 0 Å². The van der Waals surface area contributed by atoms with Crippen molar-refractivity contribution < 1.29 is 9.53 Å². The molecule has 0 spiro atoms. The number of para-hydroxylation sites is 1. The standard InChI is InChI=1S/C29H31N3O2/c1-4-5-21-25(22-15-9-6-10-16-22)31(2)28(33)26-27(23-17-11-7-12-18-23)30-32(29(26)34-3)24-19-13-8-14-20-24/h6-20,25H,4-5,21H2,1-3H3. The summed E-state index contributed by atoms with van der Waals surface area (Å²) >= 11 is 0. The van der Waals surface area contributed by atoms with Crippen molar-refractivity contribution in [2.24, 2.45) is 0 Å². The molecule has 4 aromatic rings. The molecule has 0 bridgehead atoms. The highest BCUT2D eigenvalue weighted by atomic mass is 16.5. The molecule has 5 heteroatoms. The zero-order chi connectivity index (χ0) is 23.9. The van der Waals surface area contributed by atoms with Crippen molar-refractivity contribution >= 4 is 5.91 Å². The fourth-order valence-electron chi connectivity index (χ4n) is 4.30. The number of carbonyl (C=O) groups excluding carboxylic acids is 1. The van der Waals surface area contributed by atoms with E-state index in [1.165, 1.54) is 0 Å². The Morgan fingerprint density at radius 2 is 1.53 bits per heavy atom. The highest BCUT2D eigenvalue weighted by Crippen LogP contribution is 2.36. The monoisotopic (exact) mass is 453 g/mol. The lowest BCUT2D eigenvalue weighted by atomic mass is 9.98. The molecule has 4 rings (SSSR count). The highest BCUT2D eigenvalue weighted by Gasteiger charge is 2.31. The van der Waals surface area contributed by atoms with Gasteiger partial charge in [-0.15, -0.1) is 0 Å². The molecule has 0 saturated carbocycles. The van der Waals surface area contributed by atoms with Crippen LogP contribution in [0.2, 0.25) is 0 Å². The lowest BCUT2D eigenvalue weighted by Gasteiger charge is -2.29. The molecule has 0 aliphatic carbocycles. The summed E-state index contributed by atoms with van der Waals surface area (Å²) in [5, 5.41) is 4.86. The lowest BCUT2D eigenvalue weighted by Crippen LogP contribution is -2.31. The number of nitrogens with zero attached hydrogens (tertiary/aromatic N) is 3. The van der Waals surface area contributed by atoms with Crippen LogP contribution in [0.1, 0.15) is 48.1 Å². The fraction of sp³-hybridized carbons (Fsp3) is 0.241. The first kappa shape index (κ1) is 23.3. The largest absolute Gasteiger partial charge is 0.480 e. The molecular formula is C29H31N3O2. The van der Waals surface area contributed by atoms with Gasteiger partial charge in [0.15, 0.2) is 0 Å². The second-order valence-electron chi connectivity index (χ2n) is 8.33. The van der Waals surface area contributed by atoms with E-state index in [-0.39, 0.29) is 11.9 Å². The second-order valence-corrected chi connectivity index (χ2v) is 8.33. The van der Waals surface area contributed by atoms with E-state index < -0.39 is 0 Å². The third-order valence-electron chi connectivity index (χ3n) is 6.10. The maximum atomic E-state index is 14.1. The Hall–Kier alpha value is -3.86. The molecule has 1 amide bonds. The lowest BCUT2D eigenvalue weighted by molar-refractivity contribution is 0.0717. The van der Waals surface area contributed by atoms with Crippen molar-refractivity contribution in [2.75, 3.05) is 14.2 Å². The average molecular weight is 454 g/mol. The van der Waals surface area contributed by atoms with Crippen LogP contribution >= 0.6 is 0 Å². The number of ether oxygens (including phenoxy) is 1. The number of methoxy groups -OCH3 is 1. The maximum Gasteiger partial charge on any atom is 0.261 e. The molecule has 3 aromatic carbocycles. The minimum Gasteiger partial charge on any atom is -0.480 e. The molecule has 1 atom stereocenters. The Morgan fingerprint density at radius 3 is 2.12 bits per heavy atom. The number of aromatic nitrogens is 2. The van der Waals surface area contributed by atoms with Crippen molar-refractivity contribution in [1.82, 2.24) is 14.7 Å². The van der Waals surface area contributed by atoms with E-state index in [9.17, 15) is 4.79 Å². The number of amides is 1. The van der Waals surface area contributed by atoms with Gasteiger partial charge in [0.25, 0.3) is 5.91 Å². The van der Waals surface area contributed by atoms with Gasteiger partial charge in [0, 0.05) is 12.6 Å². The number of carbonyl (C=O) groups is 1. The van der Waals surface area contributed by atoms with Gasteiger partial charge in [-0.05, 0) is 24.1 Å². The van der Waals surface area contributed by atoms with Gasteiger partial charge < -0.3 is 9.64 Å². The molecule has 1 aromatic heterocycles. The van der Waals surface area contributed by atoms with Gasteiger partial charge in [0.1, 0.15) is 11.3 Å². The van der Waals surface area contributed by atoms with Crippen molar-refractivity contribution in [3.63, 3.8) is 0 Å². The predicted octanol–water partition coefficient (Wildman–Crippen LogP) is 6.55. The quantitative estimate of drug-likeness (QED) is 0.289. The Balaban J connectivity index is 1.84. The van der Waals surface area contributed by atoms with Crippen LogP contribution in [-0.4, -0.2) is 34.7 Å². The van der Waals surface area contributed by atoms with Gasteiger partial charge >= 0.3 is 0 Å². The third kappa shape index (κ3) is 4.74. The van der Waals surface area contributed by atoms with Crippen LogP contribution in [0.5, 0.6) is 5.88 Å². The van der Waals surface area contributed by atoms with Crippen LogP contribution in [0.25, 0.3) is 16.9 Å². The molecule has 0 fully saturated rings. The number of unbranched alkanes of at least 4 members (excludes halogenated alkanes) is 1. The second kappa shape index (κ2) is 10.8. The molecule has 34 heavy (non-hydrogen) atoms. The summed E-state index contributed by atoms with van der Waals surface area (Å²) in [5.41, 5.74) is 3.92. The number of hydrogen-bond acceptors (Lipinski definition) is 3. The van der Waals surface area contributed by atoms with Crippen molar-refractivity contribution in [1.29, 1.82) is 0 Å². The Kier molecular flexibility index (Phi) is 7.43. The van der Waals surface area contributed by atoms with Crippen molar-refractivity contribution in [2.45, 2.75) is 32.2 Å². The van der Waals surface area contributed by atoms with Crippen LogP contribution in [0.3, 0.4) is 0 Å². The molecular weight excluding hydrogens is 422 g/mol. The number of hydrogen-bond donors (Lipinski definition) is 0. The normalized spacial score (nSPS) is 11.7. The van der Waals surface area contributed by atoms with Crippen LogP contribution in [-0.2, 0) is 0 Å². The van der Waals surface area contributed by atoms with Gasteiger partial charge in [-0.3, -0.25) is 4.79 Å². The summed E-state index contributed by atoms with van der Waals surface area (Å²) in [6, 6.07) is 29.8. The summed E-state index contributed by atoms with van der Waals surface area (Å²) in [4.78, 5) is 16.0. The molecule has 0 aliphatic heterocycles.